The summed E-state index contributed by atoms with van der Waals surface area (Å²) in [5, 5.41) is 14.4. The van der Waals surface area contributed by atoms with Crippen LogP contribution < -0.4 is 10.6 Å². The van der Waals surface area contributed by atoms with E-state index in [0.717, 1.165) is 5.56 Å². The molecule has 2 N–H and O–H groups in total. The van der Waals surface area contributed by atoms with Gasteiger partial charge in [-0.2, -0.15) is 0 Å². The zero-order valence-corrected chi connectivity index (χ0v) is 16.6. The Kier molecular flexibility index (Phi) is 6.44. The van der Waals surface area contributed by atoms with Crippen molar-refractivity contribution in [1.29, 1.82) is 0 Å². The minimum absolute atomic E-state index is 0.174. The van der Waals surface area contributed by atoms with Crippen molar-refractivity contribution in [2.45, 2.75) is 11.3 Å². The van der Waals surface area contributed by atoms with Gasteiger partial charge < -0.3 is 5.32 Å². The summed E-state index contributed by atoms with van der Waals surface area (Å²) in [4.78, 5) is 24.2. The monoisotopic (exact) mass is 418 g/mol. The predicted molar refractivity (Wildman–Crippen MR) is 110 cm³/mol. The number of hydrogen-bond donors (Lipinski definition) is 2. The van der Waals surface area contributed by atoms with E-state index in [1.54, 1.807) is 36.4 Å². The molecule has 6 nitrogen and oxygen atoms in total. The number of nitrogens with one attached hydrogen (secondary N) is 2. The molecular formula is C18H15ClN4O2S2. The van der Waals surface area contributed by atoms with Crippen LogP contribution in [0.5, 0.6) is 0 Å². The zero-order valence-electron chi connectivity index (χ0n) is 14.2. The van der Waals surface area contributed by atoms with Crippen molar-refractivity contribution in [1.82, 2.24) is 10.2 Å². The number of rotatable bonds is 6. The molecule has 1 aromatic heterocycles. The first kappa shape index (κ1) is 19.3. The van der Waals surface area contributed by atoms with Crippen molar-refractivity contribution in [3.8, 4) is 0 Å². The molecule has 0 atom stereocenters. The van der Waals surface area contributed by atoms with Crippen molar-refractivity contribution in [3.05, 3.63) is 64.7 Å². The molecule has 0 spiro atoms. The first-order chi connectivity index (χ1) is 13.0. The van der Waals surface area contributed by atoms with Crippen LogP contribution in [-0.4, -0.2) is 27.8 Å². The smallest absolute Gasteiger partial charge is 0.257 e. The Labute approximate surface area is 169 Å². The highest BCUT2D eigenvalue weighted by Gasteiger charge is 2.12. The first-order valence-corrected chi connectivity index (χ1v) is 10.1. The molecule has 3 rings (SSSR count). The van der Waals surface area contributed by atoms with Gasteiger partial charge in [-0.1, -0.05) is 58.5 Å². The normalized spacial score (nSPS) is 10.4. The van der Waals surface area contributed by atoms with Crippen molar-refractivity contribution in [3.63, 3.8) is 0 Å². The van der Waals surface area contributed by atoms with Crippen LogP contribution in [0.3, 0.4) is 0 Å². The highest BCUT2D eigenvalue weighted by atomic mass is 35.5. The zero-order chi connectivity index (χ0) is 19.2. The van der Waals surface area contributed by atoms with Crippen LogP contribution in [-0.2, 0) is 4.79 Å². The Hall–Kier alpha value is -2.42. The number of amides is 2. The topological polar surface area (TPSA) is 84.0 Å². The maximum atomic E-state index is 12.2. The lowest BCUT2D eigenvalue weighted by molar-refractivity contribution is -0.113. The summed E-state index contributed by atoms with van der Waals surface area (Å²) in [5.41, 5.74) is 2.19. The lowest BCUT2D eigenvalue weighted by Crippen LogP contribution is -2.13. The van der Waals surface area contributed by atoms with Gasteiger partial charge in [0.05, 0.1) is 5.75 Å². The molecule has 0 bridgehead atoms. The molecule has 0 aliphatic carbocycles. The van der Waals surface area contributed by atoms with Gasteiger partial charge in [-0.05, 0) is 37.3 Å². The summed E-state index contributed by atoms with van der Waals surface area (Å²) in [6.07, 6.45) is 0. The Morgan fingerprint density at radius 3 is 2.70 bits per heavy atom. The number of hydrogen-bond acceptors (Lipinski definition) is 6. The molecule has 9 heteroatoms. The van der Waals surface area contributed by atoms with Gasteiger partial charge in [0.15, 0.2) is 4.34 Å². The van der Waals surface area contributed by atoms with Crippen molar-refractivity contribution >= 4 is 57.3 Å². The molecular weight excluding hydrogens is 404 g/mol. The van der Waals surface area contributed by atoms with Gasteiger partial charge >= 0.3 is 0 Å². The fourth-order valence-electron chi connectivity index (χ4n) is 2.16. The van der Waals surface area contributed by atoms with E-state index < -0.39 is 0 Å². The fourth-order valence-corrected chi connectivity index (χ4v) is 3.90. The summed E-state index contributed by atoms with van der Waals surface area (Å²) in [6, 6.07) is 14.2. The van der Waals surface area contributed by atoms with Gasteiger partial charge in [0.2, 0.25) is 11.0 Å². The number of carbonyl (C=O) groups is 2. The number of halogens is 1. The molecule has 0 radical (unpaired) electrons. The highest BCUT2D eigenvalue weighted by Crippen LogP contribution is 2.26. The van der Waals surface area contributed by atoms with Crippen LogP contribution in [0.1, 0.15) is 15.9 Å². The van der Waals surface area contributed by atoms with Gasteiger partial charge in [-0.25, -0.2) is 0 Å². The molecule has 0 aliphatic heterocycles. The Morgan fingerprint density at radius 2 is 1.93 bits per heavy atom. The van der Waals surface area contributed by atoms with Crippen molar-refractivity contribution < 1.29 is 9.59 Å². The van der Waals surface area contributed by atoms with Gasteiger partial charge in [0, 0.05) is 16.3 Å². The maximum Gasteiger partial charge on any atom is 0.257 e. The van der Waals surface area contributed by atoms with Crippen LogP contribution in [0, 0.1) is 6.92 Å². The molecule has 0 unspecified atom stereocenters. The number of anilines is 2. The quantitative estimate of drug-likeness (QED) is 0.455. The summed E-state index contributed by atoms with van der Waals surface area (Å²) in [7, 11) is 0. The standard InChI is InChI=1S/C18H15ClN4O2S2/c1-11-4-2-5-12(8-11)16(25)21-17-22-23-18(27-17)26-10-15(24)20-14-7-3-6-13(19)9-14/h2-9H,10H2,1H3,(H,20,24)(H,21,22,25). The van der Waals surface area contributed by atoms with E-state index in [1.807, 2.05) is 19.1 Å². The average molecular weight is 419 g/mol. The van der Waals surface area contributed by atoms with Crippen molar-refractivity contribution in [2.75, 3.05) is 16.4 Å². The molecule has 0 fully saturated rings. The molecule has 2 amide bonds. The lowest BCUT2D eigenvalue weighted by Gasteiger charge is -2.04. The van der Waals surface area contributed by atoms with E-state index in [4.69, 9.17) is 11.6 Å². The number of thioether (sulfide) groups is 1. The summed E-state index contributed by atoms with van der Waals surface area (Å²) < 4.78 is 0.593. The molecule has 138 valence electrons. The van der Waals surface area contributed by atoms with E-state index >= 15 is 0 Å². The Balaban J connectivity index is 1.52. The fraction of sp³-hybridized carbons (Fsp3) is 0.111. The minimum atomic E-state index is -0.245. The van der Waals surface area contributed by atoms with Gasteiger partial charge in [0.25, 0.3) is 5.91 Å². The van der Waals surface area contributed by atoms with E-state index in [0.29, 0.717) is 25.7 Å². The van der Waals surface area contributed by atoms with Crippen LogP contribution in [0.25, 0.3) is 0 Å². The molecule has 0 saturated heterocycles. The SMILES string of the molecule is Cc1cccc(C(=O)Nc2nnc(SCC(=O)Nc3cccc(Cl)c3)s2)c1. The third-order valence-corrected chi connectivity index (χ3v) is 5.55. The Bertz CT molecular complexity index is 977. The second-order valence-corrected chi connectivity index (χ2v) is 8.18. The number of aromatic nitrogens is 2. The number of benzene rings is 2. The molecule has 3 aromatic rings. The number of aryl methyl sites for hydroxylation is 1. The first-order valence-electron chi connectivity index (χ1n) is 7.89. The van der Waals surface area contributed by atoms with E-state index in [1.165, 1.54) is 23.1 Å². The van der Waals surface area contributed by atoms with Crippen LogP contribution in [0.2, 0.25) is 5.02 Å². The molecule has 2 aromatic carbocycles. The van der Waals surface area contributed by atoms with E-state index in [9.17, 15) is 9.59 Å². The highest BCUT2D eigenvalue weighted by molar-refractivity contribution is 8.01. The minimum Gasteiger partial charge on any atom is -0.325 e. The molecule has 1 heterocycles. The second-order valence-electron chi connectivity index (χ2n) is 5.54. The third kappa shape index (κ3) is 5.78. The van der Waals surface area contributed by atoms with E-state index in [2.05, 4.69) is 20.8 Å². The molecule has 27 heavy (non-hydrogen) atoms. The second kappa shape index (κ2) is 8.98. The predicted octanol–water partition coefficient (Wildman–Crippen LogP) is 4.48. The lowest BCUT2D eigenvalue weighted by atomic mass is 10.1. The van der Waals surface area contributed by atoms with Crippen molar-refractivity contribution in [2.24, 2.45) is 0 Å². The maximum absolute atomic E-state index is 12.2. The average Bonchev–Trinajstić information content (AvgIpc) is 3.07. The summed E-state index contributed by atoms with van der Waals surface area (Å²) in [5.74, 6) is -0.250. The van der Waals surface area contributed by atoms with Gasteiger partial charge in [-0.3, -0.25) is 14.9 Å². The van der Waals surface area contributed by atoms with Gasteiger partial charge in [0.1, 0.15) is 0 Å². The summed E-state index contributed by atoms with van der Waals surface area (Å²) >= 11 is 8.36. The van der Waals surface area contributed by atoms with Crippen LogP contribution in [0.15, 0.2) is 52.9 Å². The third-order valence-electron chi connectivity index (χ3n) is 3.34. The van der Waals surface area contributed by atoms with Gasteiger partial charge in [-0.15, -0.1) is 10.2 Å². The van der Waals surface area contributed by atoms with E-state index in [-0.39, 0.29) is 17.6 Å². The molecule has 0 saturated carbocycles. The number of carbonyl (C=O) groups excluding carboxylic acids is 2. The van der Waals surface area contributed by atoms with Crippen LogP contribution >= 0.6 is 34.7 Å². The molecule has 0 aliphatic rings. The Morgan fingerprint density at radius 1 is 1.11 bits per heavy atom. The summed E-state index contributed by atoms with van der Waals surface area (Å²) in [6.45, 7) is 1.92. The number of nitrogens with zero attached hydrogens (tertiary/aromatic N) is 2. The largest absolute Gasteiger partial charge is 0.325 e. The van der Waals surface area contributed by atoms with Crippen LogP contribution in [0.4, 0.5) is 10.8 Å².